The number of hydrogen-bond acceptors (Lipinski definition) is 3. The van der Waals surface area contributed by atoms with E-state index in [0.717, 1.165) is 45.8 Å². The lowest BCUT2D eigenvalue weighted by atomic mass is 9.98. The van der Waals surface area contributed by atoms with E-state index >= 15 is 0 Å². The predicted molar refractivity (Wildman–Crippen MR) is 90.8 cm³/mol. The summed E-state index contributed by atoms with van der Waals surface area (Å²) in [7, 11) is 0. The van der Waals surface area contributed by atoms with Gasteiger partial charge in [0.25, 0.3) is 0 Å². The maximum absolute atomic E-state index is 5.47. The zero-order valence-corrected chi connectivity index (χ0v) is 14.2. The van der Waals surface area contributed by atoms with Crippen LogP contribution in [0.3, 0.4) is 0 Å². The summed E-state index contributed by atoms with van der Waals surface area (Å²) in [5.74, 6) is 0. The Morgan fingerprint density at radius 2 is 1.90 bits per heavy atom. The van der Waals surface area contributed by atoms with E-state index in [4.69, 9.17) is 4.74 Å². The fourth-order valence-corrected chi connectivity index (χ4v) is 2.67. The van der Waals surface area contributed by atoms with Crippen molar-refractivity contribution in [3.05, 3.63) is 35.4 Å². The Morgan fingerprint density at radius 3 is 2.52 bits per heavy atom. The molecule has 0 bridgehead atoms. The van der Waals surface area contributed by atoms with Crippen LogP contribution >= 0.6 is 0 Å². The van der Waals surface area contributed by atoms with Crippen LogP contribution < -0.4 is 5.32 Å². The minimum atomic E-state index is 0.442. The molecule has 3 nitrogen and oxygen atoms in total. The molecule has 0 fully saturated rings. The first kappa shape index (κ1) is 18.1. The van der Waals surface area contributed by atoms with Gasteiger partial charge in [-0.25, -0.2) is 0 Å². The lowest BCUT2D eigenvalue weighted by Gasteiger charge is -2.25. The predicted octanol–water partition coefficient (Wildman–Crippen LogP) is 3.39. The second kappa shape index (κ2) is 10.8. The van der Waals surface area contributed by atoms with Gasteiger partial charge in [-0.05, 0) is 44.5 Å². The van der Waals surface area contributed by atoms with Crippen molar-refractivity contribution < 1.29 is 4.74 Å². The number of ether oxygens (including phenoxy) is 1. The van der Waals surface area contributed by atoms with Crippen LogP contribution in [0, 0.1) is 6.92 Å². The molecule has 1 unspecified atom stereocenters. The topological polar surface area (TPSA) is 24.5 Å². The summed E-state index contributed by atoms with van der Waals surface area (Å²) in [6.07, 6.45) is 1.14. The van der Waals surface area contributed by atoms with Crippen LogP contribution in [-0.4, -0.2) is 44.3 Å². The van der Waals surface area contributed by atoms with Gasteiger partial charge in [-0.1, -0.05) is 38.1 Å². The van der Waals surface area contributed by atoms with Crippen molar-refractivity contribution in [2.24, 2.45) is 0 Å². The van der Waals surface area contributed by atoms with Crippen molar-refractivity contribution in [2.75, 3.05) is 39.4 Å². The molecule has 1 N–H and O–H groups in total. The zero-order valence-electron chi connectivity index (χ0n) is 14.2. The van der Waals surface area contributed by atoms with Crippen LogP contribution in [0.2, 0.25) is 0 Å². The Balaban J connectivity index is 2.56. The monoisotopic (exact) mass is 292 g/mol. The number of nitrogens with one attached hydrogen (secondary N) is 1. The molecule has 0 heterocycles. The number of nitrogens with zero attached hydrogens (tertiary/aromatic N) is 1. The maximum atomic E-state index is 5.47. The minimum absolute atomic E-state index is 0.442. The molecular weight excluding hydrogens is 260 g/mol. The van der Waals surface area contributed by atoms with Crippen molar-refractivity contribution in [1.29, 1.82) is 0 Å². The van der Waals surface area contributed by atoms with E-state index < -0.39 is 0 Å². The van der Waals surface area contributed by atoms with Gasteiger partial charge < -0.3 is 15.0 Å². The van der Waals surface area contributed by atoms with Gasteiger partial charge in [-0.3, -0.25) is 0 Å². The first-order chi connectivity index (χ1) is 10.2. The Morgan fingerprint density at radius 1 is 1.14 bits per heavy atom. The maximum Gasteiger partial charge on any atom is 0.0593 e. The molecule has 0 aliphatic carbocycles. The van der Waals surface area contributed by atoms with Crippen LogP contribution in [0.1, 0.15) is 44.4 Å². The summed E-state index contributed by atoms with van der Waals surface area (Å²) in [5.41, 5.74) is 2.81. The highest BCUT2D eigenvalue weighted by molar-refractivity contribution is 5.28. The Labute approximate surface area is 130 Å². The largest absolute Gasteiger partial charge is 0.380 e. The fourth-order valence-electron chi connectivity index (χ4n) is 2.67. The van der Waals surface area contributed by atoms with Crippen molar-refractivity contribution >= 4 is 0 Å². The molecule has 0 saturated carbocycles. The van der Waals surface area contributed by atoms with Gasteiger partial charge in [-0.2, -0.15) is 0 Å². The number of benzene rings is 1. The summed E-state index contributed by atoms with van der Waals surface area (Å²) in [5, 5.41) is 3.63. The molecule has 0 aliphatic heterocycles. The molecule has 120 valence electrons. The third kappa shape index (κ3) is 6.60. The summed E-state index contributed by atoms with van der Waals surface area (Å²) < 4.78 is 5.47. The number of rotatable bonds is 11. The Bertz CT molecular complexity index is 381. The second-order valence-electron chi connectivity index (χ2n) is 5.39. The van der Waals surface area contributed by atoms with Crippen LogP contribution in [-0.2, 0) is 4.74 Å². The summed E-state index contributed by atoms with van der Waals surface area (Å²) in [4.78, 5) is 2.47. The molecule has 0 aromatic heterocycles. The van der Waals surface area contributed by atoms with Crippen LogP contribution in [0.25, 0.3) is 0 Å². The molecule has 1 aromatic rings. The summed E-state index contributed by atoms with van der Waals surface area (Å²) >= 11 is 0. The van der Waals surface area contributed by atoms with E-state index in [1.807, 2.05) is 0 Å². The van der Waals surface area contributed by atoms with Gasteiger partial charge in [0, 0.05) is 25.7 Å². The fraction of sp³-hybridized carbons (Fsp3) is 0.667. The van der Waals surface area contributed by atoms with Gasteiger partial charge >= 0.3 is 0 Å². The molecule has 0 saturated heterocycles. The molecule has 0 aliphatic rings. The molecule has 1 aromatic carbocycles. The average Bonchev–Trinajstić information content (AvgIpc) is 2.50. The average molecular weight is 292 g/mol. The zero-order chi connectivity index (χ0) is 15.5. The molecule has 0 spiro atoms. The van der Waals surface area contributed by atoms with Crippen LogP contribution in [0.5, 0.6) is 0 Å². The first-order valence-corrected chi connectivity index (χ1v) is 8.31. The minimum Gasteiger partial charge on any atom is -0.380 e. The van der Waals surface area contributed by atoms with Gasteiger partial charge in [0.1, 0.15) is 0 Å². The van der Waals surface area contributed by atoms with Gasteiger partial charge in [-0.15, -0.1) is 0 Å². The standard InChI is InChI=1S/C18H32N2O/c1-5-19-18(17-11-9-8-10-16(17)4)12-13-20(6-2)14-15-21-7-3/h8-11,18-19H,5-7,12-15H2,1-4H3. The van der Waals surface area contributed by atoms with Crippen molar-refractivity contribution in [2.45, 2.75) is 40.2 Å². The van der Waals surface area contributed by atoms with Gasteiger partial charge in [0.15, 0.2) is 0 Å². The van der Waals surface area contributed by atoms with Crippen LogP contribution in [0.4, 0.5) is 0 Å². The molecule has 21 heavy (non-hydrogen) atoms. The van der Waals surface area contributed by atoms with E-state index in [9.17, 15) is 0 Å². The van der Waals surface area contributed by atoms with Gasteiger partial charge in [0.2, 0.25) is 0 Å². The highest BCUT2D eigenvalue weighted by Crippen LogP contribution is 2.20. The van der Waals surface area contributed by atoms with Crippen molar-refractivity contribution in [3.8, 4) is 0 Å². The molecule has 1 rings (SSSR count). The summed E-state index contributed by atoms with van der Waals surface area (Å²) in [6, 6.07) is 9.14. The lowest BCUT2D eigenvalue weighted by Crippen LogP contribution is -2.32. The van der Waals surface area contributed by atoms with Crippen LogP contribution in [0.15, 0.2) is 24.3 Å². The van der Waals surface area contributed by atoms with E-state index in [1.54, 1.807) is 0 Å². The second-order valence-corrected chi connectivity index (χ2v) is 5.39. The molecule has 0 radical (unpaired) electrons. The highest BCUT2D eigenvalue weighted by atomic mass is 16.5. The third-order valence-corrected chi connectivity index (χ3v) is 3.95. The van der Waals surface area contributed by atoms with Gasteiger partial charge in [0.05, 0.1) is 6.61 Å². The summed E-state index contributed by atoms with van der Waals surface area (Å²) in [6.45, 7) is 14.5. The third-order valence-electron chi connectivity index (χ3n) is 3.95. The normalized spacial score (nSPS) is 12.8. The lowest BCUT2D eigenvalue weighted by molar-refractivity contribution is 0.113. The molecular formula is C18H32N2O. The first-order valence-electron chi connectivity index (χ1n) is 8.31. The quantitative estimate of drug-likeness (QED) is 0.633. The highest BCUT2D eigenvalue weighted by Gasteiger charge is 2.13. The Hall–Kier alpha value is -0.900. The number of aryl methyl sites for hydroxylation is 1. The SMILES string of the molecule is CCNC(CCN(CC)CCOCC)c1ccccc1C. The van der Waals surface area contributed by atoms with E-state index in [0.29, 0.717) is 6.04 Å². The van der Waals surface area contributed by atoms with Crippen molar-refractivity contribution in [3.63, 3.8) is 0 Å². The Kier molecular flexibility index (Phi) is 9.31. The molecule has 1 atom stereocenters. The smallest absolute Gasteiger partial charge is 0.0593 e. The van der Waals surface area contributed by atoms with E-state index in [-0.39, 0.29) is 0 Å². The van der Waals surface area contributed by atoms with E-state index in [1.165, 1.54) is 11.1 Å². The van der Waals surface area contributed by atoms with Crippen molar-refractivity contribution in [1.82, 2.24) is 10.2 Å². The number of likely N-dealkylation sites (N-methyl/N-ethyl adjacent to an activating group) is 1. The molecule has 0 amide bonds. The van der Waals surface area contributed by atoms with E-state index in [2.05, 4.69) is 62.2 Å². The number of hydrogen-bond donors (Lipinski definition) is 1. The molecule has 3 heteroatoms.